The Morgan fingerprint density at radius 3 is 2.53 bits per heavy atom. The summed E-state index contributed by atoms with van der Waals surface area (Å²) < 4.78 is 18.5. The van der Waals surface area contributed by atoms with Crippen LogP contribution in [0.15, 0.2) is 18.2 Å². The molecule has 1 aromatic carbocycles. The predicted octanol–water partition coefficient (Wildman–Crippen LogP) is 0.503. The van der Waals surface area contributed by atoms with Crippen molar-refractivity contribution in [1.29, 1.82) is 0 Å². The van der Waals surface area contributed by atoms with Gasteiger partial charge in [0.1, 0.15) is 12.1 Å². The van der Waals surface area contributed by atoms with E-state index in [-0.39, 0.29) is 6.35 Å². The van der Waals surface area contributed by atoms with Crippen molar-refractivity contribution in [2.45, 2.75) is 25.9 Å². The van der Waals surface area contributed by atoms with E-state index in [0.717, 1.165) is 0 Å². The van der Waals surface area contributed by atoms with Crippen molar-refractivity contribution in [1.82, 2.24) is 0 Å². The zero-order chi connectivity index (χ0) is 12.8. The largest absolute Gasteiger partial charge is 0.489 e. The molecule has 0 saturated carbocycles. The Balaban J connectivity index is 2.69. The van der Waals surface area contributed by atoms with Gasteiger partial charge in [0.25, 0.3) is 0 Å². The highest BCUT2D eigenvalue weighted by molar-refractivity contribution is 7.74. The molecule has 1 heterocycles. The van der Waals surface area contributed by atoms with Gasteiger partial charge in [-0.25, -0.2) is 0 Å². The molecule has 4 nitrogen and oxygen atoms in total. The minimum Gasteiger partial charge on any atom is -0.485 e. The molecule has 0 amide bonds. The maximum absolute atomic E-state index is 13.0. The second-order valence-corrected chi connectivity index (χ2v) is 8.78. The average Bonchev–Trinajstić information content (AvgIpc) is 2.57. The molecule has 0 aromatic heterocycles. The highest BCUT2D eigenvalue weighted by Crippen LogP contribution is 2.60. The van der Waals surface area contributed by atoms with E-state index in [4.69, 9.17) is 4.74 Å². The number of ether oxygens (including phenoxy) is 1. The molecular formula is C11H16BO4P. The number of hydrogen-bond acceptors (Lipinski definition) is 4. The topological polar surface area (TPSA) is 66.8 Å². The summed E-state index contributed by atoms with van der Waals surface area (Å²) in [4.78, 5) is 0. The Hall–Kier alpha value is -0.765. The molecule has 6 heteroatoms. The summed E-state index contributed by atoms with van der Waals surface area (Å²) in [6.45, 7) is 5.65. The number of hydrogen-bond donors (Lipinski definition) is 2. The minimum atomic E-state index is -2.78. The quantitative estimate of drug-likeness (QED) is 0.565. The van der Waals surface area contributed by atoms with Crippen LogP contribution in [-0.4, -0.2) is 28.7 Å². The van der Waals surface area contributed by atoms with Crippen LogP contribution in [0.3, 0.4) is 0 Å². The van der Waals surface area contributed by atoms with Crippen LogP contribution in [0.5, 0.6) is 5.75 Å². The molecule has 2 N–H and O–H groups in total. The molecule has 1 atom stereocenters. The van der Waals surface area contributed by atoms with Gasteiger partial charge in [0.2, 0.25) is 0 Å². The fourth-order valence-electron chi connectivity index (χ4n) is 2.00. The number of rotatable bonds is 1. The van der Waals surface area contributed by atoms with Crippen molar-refractivity contribution < 1.29 is 19.3 Å². The van der Waals surface area contributed by atoms with E-state index in [2.05, 4.69) is 0 Å². The van der Waals surface area contributed by atoms with Crippen molar-refractivity contribution in [3.63, 3.8) is 0 Å². The van der Waals surface area contributed by atoms with Crippen molar-refractivity contribution in [3.05, 3.63) is 18.2 Å². The summed E-state index contributed by atoms with van der Waals surface area (Å²) in [6.07, 6.45) is 0.134. The van der Waals surface area contributed by atoms with E-state index in [0.29, 0.717) is 16.5 Å². The van der Waals surface area contributed by atoms with Gasteiger partial charge in [0, 0.05) is 5.16 Å². The van der Waals surface area contributed by atoms with E-state index in [1.165, 1.54) is 0 Å². The van der Waals surface area contributed by atoms with Gasteiger partial charge in [0.15, 0.2) is 7.14 Å². The average molecular weight is 254 g/mol. The van der Waals surface area contributed by atoms with Crippen LogP contribution in [0.1, 0.15) is 20.8 Å². The van der Waals surface area contributed by atoms with Crippen molar-refractivity contribution in [2.24, 2.45) is 0 Å². The molecule has 0 saturated heterocycles. The molecule has 0 bridgehead atoms. The molecule has 92 valence electrons. The number of fused-ring (bicyclic) bond motifs is 1. The fourth-order valence-corrected chi connectivity index (χ4v) is 4.62. The number of benzene rings is 1. The maximum Gasteiger partial charge on any atom is 0.489 e. The predicted molar refractivity (Wildman–Crippen MR) is 68.8 cm³/mol. The van der Waals surface area contributed by atoms with Crippen molar-refractivity contribution in [2.75, 3.05) is 6.35 Å². The molecule has 1 aliphatic rings. The Bertz CT molecular complexity index is 493. The first-order valence-electron chi connectivity index (χ1n) is 5.49. The van der Waals surface area contributed by atoms with E-state index >= 15 is 0 Å². The zero-order valence-electron chi connectivity index (χ0n) is 10.2. The van der Waals surface area contributed by atoms with Crippen LogP contribution in [0.4, 0.5) is 0 Å². The van der Waals surface area contributed by atoms with Crippen LogP contribution in [0.2, 0.25) is 0 Å². The zero-order valence-corrected chi connectivity index (χ0v) is 11.1. The Labute approximate surface area is 101 Å². The monoisotopic (exact) mass is 254 g/mol. The van der Waals surface area contributed by atoms with Crippen LogP contribution in [0.25, 0.3) is 0 Å². The van der Waals surface area contributed by atoms with Gasteiger partial charge in [-0.3, -0.25) is 0 Å². The lowest BCUT2D eigenvalue weighted by Gasteiger charge is -2.27. The summed E-state index contributed by atoms with van der Waals surface area (Å²) in [6, 6.07) is 4.97. The molecule has 0 aliphatic carbocycles. The first-order chi connectivity index (χ1) is 7.77. The van der Waals surface area contributed by atoms with E-state index in [1.54, 1.807) is 18.2 Å². The van der Waals surface area contributed by atoms with Gasteiger partial charge in [-0.2, -0.15) is 0 Å². The van der Waals surface area contributed by atoms with Gasteiger partial charge in [-0.1, -0.05) is 32.9 Å². The molecule has 17 heavy (non-hydrogen) atoms. The molecule has 0 unspecified atom stereocenters. The standard InChI is InChI=1S/C11H16BO4P/c1-11(2,3)17(15)7-16-9-6-4-5-8(10(9)17)12(13)14/h4-6,13-14H,7H2,1-3H3/t17-/m1/s1. The lowest BCUT2D eigenvalue weighted by atomic mass is 9.80. The molecular weight excluding hydrogens is 238 g/mol. The summed E-state index contributed by atoms with van der Waals surface area (Å²) >= 11 is 0. The van der Waals surface area contributed by atoms with Gasteiger partial charge in [0.05, 0.1) is 5.30 Å². The van der Waals surface area contributed by atoms with Crippen LogP contribution in [0, 0.1) is 0 Å². The van der Waals surface area contributed by atoms with Gasteiger partial charge < -0.3 is 19.3 Å². The lowest BCUT2D eigenvalue weighted by molar-refractivity contribution is 0.389. The van der Waals surface area contributed by atoms with Crippen LogP contribution >= 0.6 is 7.14 Å². The first kappa shape index (κ1) is 12.7. The van der Waals surface area contributed by atoms with Crippen molar-refractivity contribution >= 4 is 25.0 Å². The van der Waals surface area contributed by atoms with Crippen molar-refractivity contribution in [3.8, 4) is 5.75 Å². The molecule has 1 aliphatic heterocycles. The summed E-state index contributed by atoms with van der Waals surface area (Å²) in [5, 5.41) is 18.8. The Morgan fingerprint density at radius 1 is 1.35 bits per heavy atom. The highest BCUT2D eigenvalue weighted by atomic mass is 31.2. The van der Waals surface area contributed by atoms with Gasteiger partial charge in [-0.05, 0) is 11.5 Å². The van der Waals surface area contributed by atoms with Gasteiger partial charge in [-0.15, -0.1) is 0 Å². The maximum atomic E-state index is 13.0. The summed E-state index contributed by atoms with van der Waals surface area (Å²) in [5.41, 5.74) is 0.290. The molecule has 0 spiro atoms. The third-order valence-electron chi connectivity index (χ3n) is 3.16. The SMILES string of the molecule is CC(C)(C)[P@@]1(=O)COc2cccc(B(O)O)c21. The first-order valence-corrected chi connectivity index (χ1v) is 7.38. The van der Waals surface area contributed by atoms with Crippen LogP contribution < -0.4 is 15.5 Å². The molecule has 2 rings (SSSR count). The lowest BCUT2D eigenvalue weighted by Crippen LogP contribution is -2.42. The Kier molecular flexibility index (Phi) is 2.89. The van der Waals surface area contributed by atoms with E-state index in [1.807, 2.05) is 20.8 Å². The summed E-state index contributed by atoms with van der Waals surface area (Å²) in [5.74, 6) is 0.508. The smallest absolute Gasteiger partial charge is 0.485 e. The molecule has 0 fully saturated rings. The second kappa shape index (κ2) is 3.87. The Morgan fingerprint density at radius 2 is 2.00 bits per heavy atom. The molecule has 0 radical (unpaired) electrons. The third kappa shape index (κ3) is 1.83. The fraction of sp³-hybridized carbons (Fsp3) is 0.455. The van der Waals surface area contributed by atoms with Gasteiger partial charge >= 0.3 is 7.12 Å². The third-order valence-corrected chi connectivity index (χ3v) is 7.02. The summed E-state index contributed by atoms with van der Waals surface area (Å²) in [7, 11) is -4.40. The highest BCUT2D eigenvalue weighted by Gasteiger charge is 2.47. The van der Waals surface area contributed by atoms with Crippen LogP contribution in [-0.2, 0) is 4.57 Å². The minimum absolute atomic E-state index is 0.134. The van der Waals surface area contributed by atoms with E-state index in [9.17, 15) is 14.6 Å². The van der Waals surface area contributed by atoms with E-state index < -0.39 is 19.4 Å². The molecule has 1 aromatic rings. The normalized spacial score (nSPS) is 23.1. The second-order valence-electron chi connectivity index (χ2n) is 5.25.